The Morgan fingerprint density at radius 3 is 2.65 bits per heavy atom. The zero-order valence-corrected chi connectivity index (χ0v) is 15.2. The van der Waals surface area contributed by atoms with Crippen LogP contribution >= 0.6 is 22.9 Å². The minimum atomic E-state index is -4.46. The number of rotatable bonds is 4. The summed E-state index contributed by atoms with van der Waals surface area (Å²) < 4.78 is 40.0. The molecule has 26 heavy (non-hydrogen) atoms. The highest BCUT2D eigenvalue weighted by atomic mass is 35.5. The Hall–Kier alpha value is -1.57. The van der Waals surface area contributed by atoms with E-state index in [1.165, 1.54) is 17.4 Å². The number of benzene rings is 1. The first-order chi connectivity index (χ1) is 12.3. The van der Waals surface area contributed by atoms with E-state index in [-0.39, 0.29) is 0 Å². The summed E-state index contributed by atoms with van der Waals surface area (Å²) in [6.07, 6.45) is -2.39. The van der Waals surface area contributed by atoms with Crippen molar-refractivity contribution in [3.05, 3.63) is 56.7 Å². The van der Waals surface area contributed by atoms with Gasteiger partial charge in [-0.15, -0.1) is 11.3 Å². The first kappa shape index (κ1) is 19.2. The van der Waals surface area contributed by atoms with Crippen molar-refractivity contribution < 1.29 is 23.1 Å². The van der Waals surface area contributed by atoms with E-state index in [9.17, 15) is 23.1 Å². The van der Waals surface area contributed by atoms with Gasteiger partial charge in [0.05, 0.1) is 15.9 Å². The predicted octanol–water partition coefficient (Wildman–Crippen LogP) is 5.45. The van der Waals surface area contributed by atoms with Crippen molar-refractivity contribution in [2.45, 2.75) is 37.5 Å². The minimum Gasteiger partial charge on any atom is -0.480 e. The van der Waals surface area contributed by atoms with Gasteiger partial charge in [-0.3, -0.25) is 9.69 Å². The molecule has 140 valence electrons. The zero-order chi connectivity index (χ0) is 18.9. The van der Waals surface area contributed by atoms with E-state index in [1.54, 1.807) is 23.1 Å². The molecule has 0 bridgehead atoms. The molecule has 2 aromatic rings. The Kier molecular flexibility index (Phi) is 5.60. The lowest BCUT2D eigenvalue weighted by Gasteiger charge is -2.39. The van der Waals surface area contributed by atoms with Crippen molar-refractivity contribution in [1.82, 2.24) is 4.90 Å². The van der Waals surface area contributed by atoms with Crippen LogP contribution in [0.2, 0.25) is 4.34 Å². The zero-order valence-electron chi connectivity index (χ0n) is 13.7. The number of likely N-dealkylation sites (tertiary alicyclic amines) is 1. The summed E-state index contributed by atoms with van der Waals surface area (Å²) in [7, 11) is 0. The van der Waals surface area contributed by atoms with Crippen molar-refractivity contribution in [2.75, 3.05) is 6.54 Å². The highest BCUT2D eigenvalue weighted by Crippen LogP contribution is 2.40. The van der Waals surface area contributed by atoms with E-state index in [2.05, 4.69) is 0 Å². The quantitative estimate of drug-likeness (QED) is 0.738. The summed E-state index contributed by atoms with van der Waals surface area (Å²) in [6, 6.07) is 7.23. The molecule has 1 N–H and O–H groups in total. The molecule has 1 aliphatic rings. The van der Waals surface area contributed by atoms with Crippen LogP contribution in [0.4, 0.5) is 13.2 Å². The molecule has 3 nitrogen and oxygen atoms in total. The van der Waals surface area contributed by atoms with Crippen LogP contribution in [-0.2, 0) is 11.0 Å². The van der Waals surface area contributed by atoms with Crippen molar-refractivity contribution in [3.8, 4) is 0 Å². The fraction of sp³-hybridized carbons (Fsp3) is 0.389. The summed E-state index contributed by atoms with van der Waals surface area (Å²) in [6.45, 7) is 0.507. The molecular weight excluding hydrogens is 387 g/mol. The number of carbonyl (C=O) groups is 1. The number of hydrogen-bond donors (Lipinski definition) is 1. The Bertz CT molecular complexity index is 793. The monoisotopic (exact) mass is 403 g/mol. The van der Waals surface area contributed by atoms with Crippen molar-refractivity contribution >= 4 is 28.9 Å². The van der Waals surface area contributed by atoms with Crippen LogP contribution < -0.4 is 0 Å². The molecule has 3 rings (SSSR count). The van der Waals surface area contributed by atoms with Crippen molar-refractivity contribution in [1.29, 1.82) is 0 Å². The topological polar surface area (TPSA) is 40.5 Å². The SMILES string of the molecule is O=C(O)C1CCCCN1C(c1cccc(C(F)(F)F)c1)c1ccc(Cl)s1. The lowest BCUT2D eigenvalue weighted by molar-refractivity contribution is -0.145. The number of carboxylic acids is 1. The van der Waals surface area contributed by atoms with E-state index < -0.39 is 29.8 Å². The first-order valence-electron chi connectivity index (χ1n) is 8.18. The third-order valence-corrected chi connectivity index (χ3v) is 5.84. The number of thiophene rings is 1. The molecule has 1 aromatic heterocycles. The standard InChI is InChI=1S/C18H17ClF3NO2S/c19-15-8-7-14(26-15)16(23-9-2-1-6-13(23)17(24)25)11-4-3-5-12(10-11)18(20,21)22/h3-5,7-8,10,13,16H,1-2,6,9H2,(H,24,25). The first-order valence-corrected chi connectivity index (χ1v) is 9.38. The molecule has 0 saturated carbocycles. The Morgan fingerprint density at radius 2 is 2.04 bits per heavy atom. The number of halogens is 4. The maximum Gasteiger partial charge on any atom is 0.416 e. The second-order valence-corrected chi connectivity index (χ2v) is 8.00. The van der Waals surface area contributed by atoms with Gasteiger partial charge in [-0.05, 0) is 49.2 Å². The van der Waals surface area contributed by atoms with Gasteiger partial charge in [-0.25, -0.2) is 0 Å². The van der Waals surface area contributed by atoms with Gasteiger partial charge in [-0.2, -0.15) is 13.2 Å². The smallest absolute Gasteiger partial charge is 0.416 e. The van der Waals surface area contributed by atoms with E-state index in [1.807, 2.05) is 0 Å². The molecule has 2 unspecified atom stereocenters. The lowest BCUT2D eigenvalue weighted by Crippen LogP contribution is -2.46. The third-order valence-electron chi connectivity index (χ3n) is 4.55. The highest BCUT2D eigenvalue weighted by Gasteiger charge is 2.37. The number of carboxylic acid groups (broad SMARTS) is 1. The fourth-order valence-corrected chi connectivity index (χ4v) is 4.62. The summed E-state index contributed by atoms with van der Waals surface area (Å²) >= 11 is 7.30. The molecule has 2 heterocycles. The second-order valence-electron chi connectivity index (χ2n) is 6.26. The summed E-state index contributed by atoms with van der Waals surface area (Å²) in [5.74, 6) is -0.954. The molecule has 2 atom stereocenters. The molecule has 0 spiro atoms. The Labute approximate surface area is 158 Å². The van der Waals surface area contributed by atoms with Gasteiger partial charge in [0.15, 0.2) is 0 Å². The predicted molar refractivity (Wildman–Crippen MR) is 94.6 cm³/mol. The van der Waals surface area contributed by atoms with Gasteiger partial charge in [-0.1, -0.05) is 30.2 Å². The van der Waals surface area contributed by atoms with Gasteiger partial charge in [0, 0.05) is 4.88 Å². The van der Waals surface area contributed by atoms with Crippen LogP contribution in [0.25, 0.3) is 0 Å². The third kappa shape index (κ3) is 4.05. The fourth-order valence-electron chi connectivity index (χ4n) is 3.41. The molecule has 1 saturated heterocycles. The molecule has 1 fully saturated rings. The molecule has 1 aromatic carbocycles. The second kappa shape index (κ2) is 7.58. The number of piperidine rings is 1. The van der Waals surface area contributed by atoms with Gasteiger partial charge in [0.25, 0.3) is 0 Å². The molecule has 8 heteroatoms. The molecule has 0 aliphatic carbocycles. The van der Waals surface area contributed by atoms with Crippen LogP contribution in [0.5, 0.6) is 0 Å². The van der Waals surface area contributed by atoms with Gasteiger partial charge < -0.3 is 5.11 Å². The molecule has 0 radical (unpaired) electrons. The van der Waals surface area contributed by atoms with Crippen LogP contribution in [0, 0.1) is 0 Å². The Balaban J connectivity index is 2.08. The highest BCUT2D eigenvalue weighted by molar-refractivity contribution is 7.16. The van der Waals surface area contributed by atoms with E-state index >= 15 is 0 Å². The average molecular weight is 404 g/mol. The average Bonchev–Trinajstić information content (AvgIpc) is 3.01. The van der Waals surface area contributed by atoms with E-state index in [0.29, 0.717) is 22.9 Å². The largest absolute Gasteiger partial charge is 0.480 e. The van der Waals surface area contributed by atoms with Gasteiger partial charge in [0.2, 0.25) is 0 Å². The summed E-state index contributed by atoms with van der Waals surface area (Å²) in [4.78, 5) is 14.2. The van der Waals surface area contributed by atoms with Crippen LogP contribution in [0.15, 0.2) is 36.4 Å². The lowest BCUT2D eigenvalue weighted by atomic mass is 9.94. The van der Waals surface area contributed by atoms with Crippen LogP contribution in [0.3, 0.4) is 0 Å². The van der Waals surface area contributed by atoms with Crippen molar-refractivity contribution in [2.24, 2.45) is 0 Å². The van der Waals surface area contributed by atoms with Crippen molar-refractivity contribution in [3.63, 3.8) is 0 Å². The van der Waals surface area contributed by atoms with Crippen LogP contribution in [-0.4, -0.2) is 28.6 Å². The summed E-state index contributed by atoms with van der Waals surface area (Å²) in [5.41, 5.74) is -0.321. The Morgan fingerprint density at radius 1 is 1.27 bits per heavy atom. The number of alkyl halides is 3. The summed E-state index contributed by atoms with van der Waals surface area (Å²) in [5, 5.41) is 9.60. The molecular formula is C18H17ClF3NO2S. The van der Waals surface area contributed by atoms with E-state index in [0.717, 1.165) is 29.9 Å². The number of nitrogens with zero attached hydrogens (tertiary/aromatic N) is 1. The maximum absolute atomic E-state index is 13.2. The van der Waals surface area contributed by atoms with E-state index in [4.69, 9.17) is 11.6 Å². The van der Waals surface area contributed by atoms with Gasteiger partial charge in [0.1, 0.15) is 6.04 Å². The van der Waals surface area contributed by atoms with Crippen LogP contribution in [0.1, 0.15) is 41.3 Å². The van der Waals surface area contributed by atoms with Gasteiger partial charge >= 0.3 is 12.1 Å². The molecule has 0 amide bonds. The minimum absolute atomic E-state index is 0.423. The maximum atomic E-state index is 13.2. The number of hydrogen-bond acceptors (Lipinski definition) is 3. The molecule has 1 aliphatic heterocycles. The normalized spacial score (nSPS) is 20.1. The number of aliphatic carboxylic acids is 1.